The standard InChI is InChI=1S/C14H17N3O3/c1-2-3-10-20-13-7-5-4-6-11(13)8-9-12(14(18)19)16-17-15/h4-7,9H,2-3,8,10H2,1H3,(H,18,19)/b12-9-. The molecule has 1 aromatic rings. The number of ether oxygens (including phenoxy) is 1. The van der Waals surface area contributed by atoms with Crippen molar-refractivity contribution in [1.29, 1.82) is 0 Å². The predicted octanol–water partition coefficient (Wildman–Crippen LogP) is 3.69. The van der Waals surface area contributed by atoms with Crippen molar-refractivity contribution < 1.29 is 14.6 Å². The highest BCUT2D eigenvalue weighted by molar-refractivity contribution is 5.86. The number of azide groups is 1. The number of carbonyl (C=O) groups is 1. The maximum Gasteiger partial charge on any atom is 0.337 e. The quantitative estimate of drug-likeness (QED) is 0.257. The van der Waals surface area contributed by atoms with E-state index in [0.717, 1.165) is 24.2 Å². The second-order valence-corrected chi connectivity index (χ2v) is 4.10. The molecule has 0 spiro atoms. The van der Waals surface area contributed by atoms with Gasteiger partial charge in [-0.2, -0.15) is 0 Å². The lowest BCUT2D eigenvalue weighted by Crippen LogP contribution is -2.01. The van der Waals surface area contributed by atoms with Crippen LogP contribution in [0.4, 0.5) is 0 Å². The minimum atomic E-state index is -1.24. The highest BCUT2D eigenvalue weighted by Crippen LogP contribution is 2.20. The molecule has 0 atom stereocenters. The predicted molar refractivity (Wildman–Crippen MR) is 75.4 cm³/mol. The number of aliphatic carboxylic acids is 1. The highest BCUT2D eigenvalue weighted by atomic mass is 16.5. The zero-order valence-electron chi connectivity index (χ0n) is 11.3. The second-order valence-electron chi connectivity index (χ2n) is 4.10. The number of nitrogens with zero attached hydrogens (tertiary/aromatic N) is 3. The molecule has 0 aromatic heterocycles. The van der Waals surface area contributed by atoms with Gasteiger partial charge in [-0.1, -0.05) is 42.7 Å². The van der Waals surface area contributed by atoms with Crippen molar-refractivity contribution in [2.45, 2.75) is 26.2 Å². The third kappa shape index (κ3) is 5.04. The summed E-state index contributed by atoms with van der Waals surface area (Å²) in [5.41, 5.74) is 8.86. The van der Waals surface area contributed by atoms with Crippen LogP contribution in [0, 0.1) is 0 Å². The Morgan fingerprint density at radius 1 is 1.50 bits per heavy atom. The summed E-state index contributed by atoms with van der Waals surface area (Å²) in [4.78, 5) is 13.3. The van der Waals surface area contributed by atoms with Gasteiger partial charge in [0, 0.05) is 4.91 Å². The average Bonchev–Trinajstić information content (AvgIpc) is 2.44. The number of carboxylic acids is 1. The van der Waals surface area contributed by atoms with Gasteiger partial charge >= 0.3 is 5.97 Å². The fourth-order valence-corrected chi connectivity index (χ4v) is 1.57. The van der Waals surface area contributed by atoms with Crippen LogP contribution in [0.2, 0.25) is 0 Å². The van der Waals surface area contributed by atoms with Crippen molar-refractivity contribution in [2.75, 3.05) is 6.61 Å². The molecule has 6 nitrogen and oxygen atoms in total. The van der Waals surface area contributed by atoms with E-state index in [1.165, 1.54) is 6.08 Å². The third-order valence-corrected chi connectivity index (χ3v) is 2.61. The van der Waals surface area contributed by atoms with Crippen LogP contribution < -0.4 is 4.74 Å². The number of rotatable bonds is 8. The third-order valence-electron chi connectivity index (χ3n) is 2.61. The lowest BCUT2D eigenvalue weighted by Gasteiger charge is -2.09. The van der Waals surface area contributed by atoms with Gasteiger partial charge < -0.3 is 9.84 Å². The van der Waals surface area contributed by atoms with Crippen LogP contribution in [0.25, 0.3) is 10.4 Å². The zero-order valence-corrected chi connectivity index (χ0v) is 11.3. The van der Waals surface area contributed by atoms with Crippen molar-refractivity contribution in [1.82, 2.24) is 0 Å². The first-order chi connectivity index (χ1) is 9.69. The normalized spacial score (nSPS) is 10.8. The summed E-state index contributed by atoms with van der Waals surface area (Å²) in [7, 11) is 0. The molecule has 1 aromatic carbocycles. The molecule has 0 aliphatic heterocycles. The largest absolute Gasteiger partial charge is 0.493 e. The first kappa shape index (κ1) is 15.6. The maximum atomic E-state index is 10.8. The van der Waals surface area contributed by atoms with Gasteiger partial charge in [-0.25, -0.2) is 4.79 Å². The number of hydrogen-bond donors (Lipinski definition) is 1. The number of hydrogen-bond acceptors (Lipinski definition) is 3. The monoisotopic (exact) mass is 275 g/mol. The van der Waals surface area contributed by atoms with Gasteiger partial charge in [-0.05, 0) is 30.0 Å². The van der Waals surface area contributed by atoms with Crippen molar-refractivity contribution in [3.05, 3.63) is 52.0 Å². The van der Waals surface area contributed by atoms with E-state index in [4.69, 9.17) is 15.4 Å². The summed E-state index contributed by atoms with van der Waals surface area (Å²) < 4.78 is 5.65. The van der Waals surface area contributed by atoms with Gasteiger partial charge in [0.2, 0.25) is 0 Å². The molecule has 20 heavy (non-hydrogen) atoms. The van der Waals surface area contributed by atoms with Gasteiger partial charge in [0.15, 0.2) is 0 Å². The van der Waals surface area contributed by atoms with Crippen LogP contribution in [0.5, 0.6) is 5.75 Å². The Bertz CT molecular complexity index is 530. The minimum Gasteiger partial charge on any atom is -0.493 e. The van der Waals surface area contributed by atoms with E-state index < -0.39 is 5.97 Å². The van der Waals surface area contributed by atoms with Gasteiger partial charge in [0.1, 0.15) is 11.4 Å². The smallest absolute Gasteiger partial charge is 0.337 e. The molecule has 0 aliphatic carbocycles. The van der Waals surface area contributed by atoms with Crippen molar-refractivity contribution in [2.24, 2.45) is 5.11 Å². The number of para-hydroxylation sites is 1. The highest BCUT2D eigenvalue weighted by Gasteiger charge is 2.06. The van der Waals surface area contributed by atoms with Crippen LogP contribution in [0.1, 0.15) is 25.3 Å². The fourth-order valence-electron chi connectivity index (χ4n) is 1.57. The molecule has 1 rings (SSSR count). The van der Waals surface area contributed by atoms with Crippen LogP contribution in [0.15, 0.2) is 41.2 Å². The molecule has 0 heterocycles. The molecule has 0 saturated heterocycles. The van der Waals surface area contributed by atoms with Crippen LogP contribution in [0.3, 0.4) is 0 Å². The van der Waals surface area contributed by atoms with Crippen LogP contribution in [-0.2, 0) is 11.2 Å². The first-order valence-corrected chi connectivity index (χ1v) is 6.38. The van der Waals surface area contributed by atoms with Crippen LogP contribution >= 0.6 is 0 Å². The summed E-state index contributed by atoms with van der Waals surface area (Å²) in [6.07, 6.45) is 3.72. The Balaban J connectivity index is 2.83. The van der Waals surface area contributed by atoms with Crippen molar-refractivity contribution in [3.8, 4) is 5.75 Å². The maximum absolute atomic E-state index is 10.8. The summed E-state index contributed by atoms with van der Waals surface area (Å²) >= 11 is 0. The molecule has 0 amide bonds. The molecule has 0 unspecified atom stereocenters. The number of carboxylic acid groups (broad SMARTS) is 1. The molecule has 0 saturated carbocycles. The van der Waals surface area contributed by atoms with E-state index in [-0.39, 0.29) is 5.70 Å². The first-order valence-electron chi connectivity index (χ1n) is 6.38. The van der Waals surface area contributed by atoms with E-state index in [1.807, 2.05) is 24.3 Å². The van der Waals surface area contributed by atoms with Gasteiger partial charge in [0.05, 0.1) is 6.61 Å². The van der Waals surface area contributed by atoms with Crippen molar-refractivity contribution >= 4 is 5.97 Å². The van der Waals surface area contributed by atoms with E-state index in [0.29, 0.717) is 13.0 Å². The SMILES string of the molecule is CCCCOc1ccccc1C/C=C(\N=[N+]=[N-])C(=O)O. The summed E-state index contributed by atoms with van der Waals surface area (Å²) in [6.45, 7) is 2.70. The molecule has 106 valence electrons. The number of benzene rings is 1. The minimum absolute atomic E-state index is 0.309. The zero-order chi connectivity index (χ0) is 14.8. The molecule has 6 heteroatoms. The van der Waals surface area contributed by atoms with Gasteiger partial charge in [-0.15, -0.1) is 0 Å². The molecular formula is C14H17N3O3. The topological polar surface area (TPSA) is 95.3 Å². The Labute approximate surface area is 117 Å². The summed E-state index contributed by atoms with van der Waals surface area (Å²) in [5, 5.41) is 12.0. The lowest BCUT2D eigenvalue weighted by atomic mass is 10.1. The van der Waals surface area contributed by atoms with Gasteiger partial charge in [-0.3, -0.25) is 0 Å². The number of allylic oxidation sites excluding steroid dienone is 1. The van der Waals surface area contributed by atoms with Crippen molar-refractivity contribution in [3.63, 3.8) is 0 Å². The molecule has 1 N–H and O–H groups in total. The molecular weight excluding hydrogens is 258 g/mol. The van der Waals surface area contributed by atoms with E-state index in [1.54, 1.807) is 0 Å². The Kier molecular flexibility index (Phi) is 6.71. The van der Waals surface area contributed by atoms with E-state index in [9.17, 15) is 4.79 Å². The second kappa shape index (κ2) is 8.61. The Morgan fingerprint density at radius 3 is 2.90 bits per heavy atom. The average molecular weight is 275 g/mol. The fraction of sp³-hybridized carbons (Fsp3) is 0.357. The number of unbranched alkanes of at least 4 members (excludes halogenated alkanes) is 1. The molecule has 0 fully saturated rings. The van der Waals surface area contributed by atoms with E-state index >= 15 is 0 Å². The molecule has 0 bridgehead atoms. The molecule has 0 radical (unpaired) electrons. The van der Waals surface area contributed by atoms with Gasteiger partial charge in [0.25, 0.3) is 0 Å². The lowest BCUT2D eigenvalue weighted by molar-refractivity contribution is -0.132. The Morgan fingerprint density at radius 2 is 2.25 bits per heavy atom. The summed E-state index contributed by atoms with van der Waals surface area (Å²) in [5.74, 6) is -0.518. The summed E-state index contributed by atoms with van der Waals surface area (Å²) in [6, 6.07) is 7.41. The Hall–Kier alpha value is -2.46. The molecule has 0 aliphatic rings. The van der Waals surface area contributed by atoms with Crippen LogP contribution in [-0.4, -0.2) is 17.7 Å². The van der Waals surface area contributed by atoms with E-state index in [2.05, 4.69) is 16.9 Å².